The van der Waals surface area contributed by atoms with E-state index in [1.165, 1.54) is 19.2 Å². The lowest BCUT2D eigenvalue weighted by atomic mass is 10.1. The van der Waals surface area contributed by atoms with Crippen molar-refractivity contribution in [1.29, 1.82) is 0 Å². The Morgan fingerprint density at radius 1 is 1.50 bits per heavy atom. The van der Waals surface area contributed by atoms with E-state index in [0.29, 0.717) is 0 Å². The van der Waals surface area contributed by atoms with Crippen molar-refractivity contribution in [1.82, 2.24) is 5.32 Å². The average Bonchev–Trinajstić information content (AvgIpc) is 2.34. The molecule has 0 aromatic heterocycles. The molecule has 96 valence electrons. The number of hydrogen-bond acceptors (Lipinski definition) is 5. The third-order valence-corrected chi connectivity index (χ3v) is 2.06. The summed E-state index contributed by atoms with van der Waals surface area (Å²) in [6.07, 6.45) is 0. The van der Waals surface area contributed by atoms with Crippen LogP contribution in [0.15, 0.2) is 18.2 Å². The highest BCUT2D eigenvalue weighted by Crippen LogP contribution is 2.24. The summed E-state index contributed by atoms with van der Waals surface area (Å²) in [5.41, 5.74) is 4.77. The molecule has 3 N–H and O–H groups in total. The third-order valence-electron chi connectivity index (χ3n) is 2.06. The van der Waals surface area contributed by atoms with Crippen molar-refractivity contribution in [2.24, 2.45) is 5.73 Å². The Kier molecular flexibility index (Phi) is 4.19. The molecule has 8 heteroatoms. The minimum Gasteiger partial charge on any atom is -0.496 e. The summed E-state index contributed by atoms with van der Waals surface area (Å²) in [7, 11) is 1.28. The number of amides is 2. The number of benzene rings is 1. The van der Waals surface area contributed by atoms with E-state index in [-0.39, 0.29) is 23.5 Å². The number of nitro benzene ring substituents is 1. The van der Waals surface area contributed by atoms with E-state index < -0.39 is 16.7 Å². The predicted octanol–water partition coefficient (Wildman–Crippen LogP) is -0.182. The van der Waals surface area contributed by atoms with Crippen LogP contribution in [0.3, 0.4) is 0 Å². The van der Waals surface area contributed by atoms with E-state index in [1.807, 2.05) is 0 Å². The molecule has 8 nitrogen and oxygen atoms in total. The summed E-state index contributed by atoms with van der Waals surface area (Å²) in [5, 5.41) is 12.8. The maximum atomic E-state index is 11.6. The summed E-state index contributed by atoms with van der Waals surface area (Å²) in [6, 6.07) is 3.54. The lowest BCUT2D eigenvalue weighted by Crippen LogP contribution is -2.33. The Bertz CT molecular complexity index is 500. The molecular formula is C10H11N3O5. The van der Waals surface area contributed by atoms with Crippen LogP contribution in [0.1, 0.15) is 10.4 Å². The first kappa shape index (κ1) is 13.4. The molecule has 0 aliphatic heterocycles. The second-order valence-corrected chi connectivity index (χ2v) is 3.29. The Morgan fingerprint density at radius 3 is 2.67 bits per heavy atom. The lowest BCUT2D eigenvalue weighted by Gasteiger charge is -2.07. The largest absolute Gasteiger partial charge is 0.496 e. The summed E-state index contributed by atoms with van der Waals surface area (Å²) >= 11 is 0. The van der Waals surface area contributed by atoms with Gasteiger partial charge in [0.2, 0.25) is 5.91 Å². The van der Waals surface area contributed by atoms with Crippen LogP contribution in [0.5, 0.6) is 5.75 Å². The molecule has 0 aliphatic carbocycles. The van der Waals surface area contributed by atoms with Crippen LogP contribution in [-0.2, 0) is 4.79 Å². The van der Waals surface area contributed by atoms with Gasteiger partial charge in [-0.2, -0.15) is 0 Å². The monoisotopic (exact) mass is 253 g/mol. The molecule has 0 heterocycles. The van der Waals surface area contributed by atoms with Gasteiger partial charge < -0.3 is 15.8 Å². The molecule has 0 saturated carbocycles. The van der Waals surface area contributed by atoms with Gasteiger partial charge in [-0.15, -0.1) is 0 Å². The molecule has 0 radical (unpaired) electrons. The molecule has 2 amide bonds. The number of nitrogens with one attached hydrogen (secondary N) is 1. The highest BCUT2D eigenvalue weighted by molar-refractivity contribution is 5.98. The zero-order chi connectivity index (χ0) is 13.7. The molecular weight excluding hydrogens is 242 g/mol. The van der Waals surface area contributed by atoms with Crippen molar-refractivity contribution >= 4 is 17.5 Å². The first-order chi connectivity index (χ1) is 8.45. The molecule has 0 bridgehead atoms. The number of nitrogens with two attached hydrogens (primary N) is 1. The Balaban J connectivity index is 2.98. The summed E-state index contributed by atoms with van der Waals surface area (Å²) in [5.74, 6) is -1.24. The van der Waals surface area contributed by atoms with E-state index in [4.69, 9.17) is 10.5 Å². The second kappa shape index (κ2) is 5.62. The molecule has 0 atom stereocenters. The molecule has 0 unspecified atom stereocenters. The van der Waals surface area contributed by atoms with Crippen molar-refractivity contribution in [2.45, 2.75) is 0 Å². The van der Waals surface area contributed by atoms with Crippen LogP contribution in [-0.4, -0.2) is 30.4 Å². The van der Waals surface area contributed by atoms with Gasteiger partial charge in [0, 0.05) is 6.07 Å². The van der Waals surface area contributed by atoms with Crippen molar-refractivity contribution < 1.29 is 19.2 Å². The number of carbonyl (C=O) groups is 2. The number of ether oxygens (including phenoxy) is 1. The van der Waals surface area contributed by atoms with Crippen LogP contribution in [0, 0.1) is 10.1 Å². The highest BCUT2D eigenvalue weighted by Gasteiger charge is 2.16. The maximum absolute atomic E-state index is 11.6. The van der Waals surface area contributed by atoms with E-state index >= 15 is 0 Å². The number of nitro groups is 1. The fraction of sp³-hybridized carbons (Fsp3) is 0.200. The number of non-ortho nitro benzene ring substituents is 1. The second-order valence-electron chi connectivity index (χ2n) is 3.29. The van der Waals surface area contributed by atoms with Gasteiger partial charge in [-0.25, -0.2) is 0 Å². The SMILES string of the molecule is COc1cc([N+](=O)[O-])ccc1C(=O)NCC(N)=O. The van der Waals surface area contributed by atoms with Crippen molar-refractivity contribution in [3.63, 3.8) is 0 Å². The fourth-order valence-electron chi connectivity index (χ4n) is 1.24. The highest BCUT2D eigenvalue weighted by atomic mass is 16.6. The molecule has 1 aromatic carbocycles. The summed E-state index contributed by atoms with van der Waals surface area (Å²) in [6.45, 7) is -0.320. The topological polar surface area (TPSA) is 125 Å². The first-order valence-electron chi connectivity index (χ1n) is 4.84. The Labute approximate surface area is 102 Å². The van der Waals surface area contributed by atoms with Crippen LogP contribution in [0.4, 0.5) is 5.69 Å². The van der Waals surface area contributed by atoms with Gasteiger partial charge in [-0.3, -0.25) is 19.7 Å². The molecule has 1 rings (SSSR count). The van der Waals surface area contributed by atoms with Crippen LogP contribution < -0.4 is 15.8 Å². The van der Waals surface area contributed by atoms with Crippen molar-refractivity contribution in [3.8, 4) is 5.75 Å². The standard InChI is InChI=1S/C10H11N3O5/c1-18-8-4-6(13(16)17)2-3-7(8)10(15)12-5-9(11)14/h2-4H,5H2,1H3,(H2,11,14)(H,12,15). The molecule has 1 aromatic rings. The number of carbonyl (C=O) groups excluding carboxylic acids is 2. The summed E-state index contributed by atoms with van der Waals surface area (Å²) in [4.78, 5) is 32.1. The number of rotatable bonds is 5. The predicted molar refractivity (Wildman–Crippen MR) is 61.2 cm³/mol. The molecule has 0 fully saturated rings. The number of nitrogens with zero attached hydrogens (tertiary/aromatic N) is 1. The summed E-state index contributed by atoms with van der Waals surface area (Å²) < 4.78 is 4.88. The van der Waals surface area contributed by atoms with Gasteiger partial charge in [-0.1, -0.05) is 0 Å². The van der Waals surface area contributed by atoms with E-state index in [1.54, 1.807) is 0 Å². The molecule has 0 saturated heterocycles. The maximum Gasteiger partial charge on any atom is 0.273 e. The van der Waals surface area contributed by atoms with Gasteiger partial charge in [0.15, 0.2) is 0 Å². The molecule has 0 spiro atoms. The number of methoxy groups -OCH3 is 1. The lowest BCUT2D eigenvalue weighted by molar-refractivity contribution is -0.384. The normalized spacial score (nSPS) is 9.61. The smallest absolute Gasteiger partial charge is 0.273 e. The molecule has 0 aliphatic rings. The van der Waals surface area contributed by atoms with E-state index in [0.717, 1.165) is 6.07 Å². The minimum absolute atomic E-state index is 0.0474. The first-order valence-corrected chi connectivity index (χ1v) is 4.84. The van der Waals surface area contributed by atoms with Crippen molar-refractivity contribution in [3.05, 3.63) is 33.9 Å². The van der Waals surface area contributed by atoms with Crippen molar-refractivity contribution in [2.75, 3.05) is 13.7 Å². The molecule has 18 heavy (non-hydrogen) atoms. The van der Waals surface area contributed by atoms with Gasteiger partial charge in [-0.05, 0) is 6.07 Å². The van der Waals surface area contributed by atoms with Gasteiger partial charge in [0.25, 0.3) is 11.6 Å². The third kappa shape index (κ3) is 3.17. The average molecular weight is 253 g/mol. The fourth-order valence-corrected chi connectivity index (χ4v) is 1.24. The van der Waals surface area contributed by atoms with Crippen LogP contribution in [0.2, 0.25) is 0 Å². The zero-order valence-corrected chi connectivity index (χ0v) is 9.50. The van der Waals surface area contributed by atoms with Crippen LogP contribution >= 0.6 is 0 Å². The quantitative estimate of drug-likeness (QED) is 0.556. The minimum atomic E-state index is -0.691. The van der Waals surface area contributed by atoms with E-state index in [9.17, 15) is 19.7 Å². The van der Waals surface area contributed by atoms with Crippen LogP contribution in [0.25, 0.3) is 0 Å². The van der Waals surface area contributed by atoms with Gasteiger partial charge >= 0.3 is 0 Å². The number of primary amides is 1. The van der Waals surface area contributed by atoms with Gasteiger partial charge in [0.1, 0.15) is 5.75 Å². The zero-order valence-electron chi connectivity index (χ0n) is 9.50. The Hall–Kier alpha value is -2.64. The number of hydrogen-bond donors (Lipinski definition) is 2. The van der Waals surface area contributed by atoms with Gasteiger partial charge in [0.05, 0.1) is 30.2 Å². The van der Waals surface area contributed by atoms with E-state index in [2.05, 4.69) is 5.32 Å². The Morgan fingerprint density at radius 2 is 2.17 bits per heavy atom.